The van der Waals surface area contributed by atoms with Gasteiger partial charge in [0.1, 0.15) is 5.82 Å². The Bertz CT molecular complexity index is 496. The summed E-state index contributed by atoms with van der Waals surface area (Å²) in [5.74, 6) is 0.872. The van der Waals surface area contributed by atoms with Crippen molar-refractivity contribution in [2.75, 3.05) is 5.32 Å². The van der Waals surface area contributed by atoms with Gasteiger partial charge in [-0.1, -0.05) is 0 Å². The number of nitrogens with zero attached hydrogens (tertiary/aromatic N) is 2. The molecule has 0 saturated heterocycles. The third kappa shape index (κ3) is 2.80. The van der Waals surface area contributed by atoms with Crippen molar-refractivity contribution in [3.8, 4) is 0 Å². The molecule has 0 bridgehead atoms. The normalized spacial score (nSPS) is 10.4. The van der Waals surface area contributed by atoms with Gasteiger partial charge in [0.25, 0.3) is 0 Å². The Morgan fingerprint density at radius 1 is 1.31 bits per heavy atom. The molecule has 0 aromatic carbocycles. The van der Waals surface area contributed by atoms with Gasteiger partial charge in [0.05, 0.1) is 16.0 Å². The lowest BCUT2D eigenvalue weighted by molar-refractivity contribution is 1.11. The number of hydrogen-bond donors (Lipinski definition) is 1. The monoisotopic (exact) mass is 297 g/mol. The van der Waals surface area contributed by atoms with Gasteiger partial charge in [-0.25, -0.2) is 9.97 Å². The second kappa shape index (κ2) is 4.93. The van der Waals surface area contributed by atoms with Gasteiger partial charge in [0.15, 0.2) is 0 Å². The first-order valence-corrected chi connectivity index (χ1v) is 6.53. The van der Waals surface area contributed by atoms with Gasteiger partial charge in [-0.05, 0) is 41.4 Å². The number of nitrogens with one attached hydrogen (secondary N) is 1. The first-order valence-electron chi connectivity index (χ1n) is 4.92. The van der Waals surface area contributed by atoms with Crippen molar-refractivity contribution >= 4 is 33.1 Å². The predicted molar refractivity (Wildman–Crippen MR) is 70.9 cm³/mol. The number of thiazole rings is 1. The zero-order chi connectivity index (χ0) is 11.5. The fraction of sp³-hybridized carbons (Fsp3) is 0.273. The lowest BCUT2D eigenvalue weighted by Gasteiger charge is -2.06. The van der Waals surface area contributed by atoms with Crippen molar-refractivity contribution in [2.45, 2.75) is 20.4 Å². The molecule has 0 amide bonds. The Hall–Kier alpha value is -0.940. The highest BCUT2D eigenvalue weighted by Crippen LogP contribution is 2.21. The van der Waals surface area contributed by atoms with Crippen molar-refractivity contribution < 1.29 is 0 Å². The SMILES string of the molecule is Cc1cnc(NCc2cnc(C)s2)c(Br)c1. The Kier molecular flexibility index (Phi) is 3.56. The maximum Gasteiger partial charge on any atom is 0.140 e. The lowest BCUT2D eigenvalue weighted by Crippen LogP contribution is -2.00. The lowest BCUT2D eigenvalue weighted by atomic mass is 10.3. The molecule has 2 rings (SSSR count). The number of aryl methyl sites for hydroxylation is 2. The van der Waals surface area contributed by atoms with Gasteiger partial charge in [-0.15, -0.1) is 11.3 Å². The van der Waals surface area contributed by atoms with E-state index in [9.17, 15) is 0 Å². The van der Waals surface area contributed by atoms with Crippen molar-refractivity contribution in [3.05, 3.63) is 38.4 Å². The second-order valence-electron chi connectivity index (χ2n) is 3.54. The van der Waals surface area contributed by atoms with Gasteiger partial charge in [0, 0.05) is 17.3 Å². The van der Waals surface area contributed by atoms with Crippen molar-refractivity contribution in [2.24, 2.45) is 0 Å². The standard InChI is InChI=1S/C11H12BrN3S/c1-7-3-10(12)11(14-4-7)15-6-9-5-13-8(2)16-9/h3-5H,6H2,1-2H3,(H,14,15). The molecule has 0 atom stereocenters. The fourth-order valence-electron chi connectivity index (χ4n) is 1.32. The third-order valence-electron chi connectivity index (χ3n) is 2.08. The molecule has 5 heteroatoms. The van der Waals surface area contributed by atoms with E-state index in [1.54, 1.807) is 11.3 Å². The number of hydrogen-bond acceptors (Lipinski definition) is 4. The summed E-state index contributed by atoms with van der Waals surface area (Å²) in [5, 5.41) is 4.37. The van der Waals surface area contributed by atoms with Crippen LogP contribution in [0.2, 0.25) is 0 Å². The molecule has 0 saturated carbocycles. The Morgan fingerprint density at radius 3 is 2.75 bits per heavy atom. The highest BCUT2D eigenvalue weighted by atomic mass is 79.9. The molecule has 0 aliphatic rings. The first kappa shape index (κ1) is 11.5. The maximum atomic E-state index is 4.33. The molecular formula is C11H12BrN3S. The minimum atomic E-state index is 0.764. The molecule has 2 aromatic heterocycles. The van der Waals surface area contributed by atoms with Crippen LogP contribution >= 0.6 is 27.3 Å². The number of anilines is 1. The van der Waals surface area contributed by atoms with Gasteiger partial charge in [0.2, 0.25) is 0 Å². The summed E-state index contributed by atoms with van der Waals surface area (Å²) in [6, 6.07) is 2.05. The van der Waals surface area contributed by atoms with Crippen LogP contribution < -0.4 is 5.32 Å². The quantitative estimate of drug-likeness (QED) is 0.942. The molecule has 0 aliphatic heterocycles. The molecular weight excluding hydrogens is 286 g/mol. The summed E-state index contributed by atoms with van der Waals surface area (Å²) < 4.78 is 0.994. The second-order valence-corrected chi connectivity index (χ2v) is 5.72. The number of aromatic nitrogens is 2. The molecule has 0 unspecified atom stereocenters. The summed E-state index contributed by atoms with van der Waals surface area (Å²) in [5.41, 5.74) is 1.14. The average molecular weight is 298 g/mol. The van der Waals surface area contributed by atoms with Gasteiger partial charge in [-0.2, -0.15) is 0 Å². The van der Waals surface area contributed by atoms with Gasteiger partial charge < -0.3 is 5.32 Å². The Balaban J connectivity index is 2.04. The van der Waals surface area contributed by atoms with E-state index in [0.29, 0.717) is 0 Å². The van der Waals surface area contributed by atoms with Crippen LogP contribution in [0.3, 0.4) is 0 Å². The molecule has 0 radical (unpaired) electrons. The zero-order valence-corrected chi connectivity index (χ0v) is 11.5. The number of pyridine rings is 1. The van der Waals surface area contributed by atoms with E-state index >= 15 is 0 Å². The Labute approximate surface area is 107 Å². The van der Waals surface area contributed by atoms with Crippen molar-refractivity contribution in [1.82, 2.24) is 9.97 Å². The molecule has 2 aromatic rings. The minimum Gasteiger partial charge on any atom is -0.364 e. The van der Waals surface area contributed by atoms with Gasteiger partial charge >= 0.3 is 0 Å². The topological polar surface area (TPSA) is 37.8 Å². The van der Waals surface area contributed by atoms with E-state index in [2.05, 4.69) is 31.2 Å². The van der Waals surface area contributed by atoms with Crippen LogP contribution in [0, 0.1) is 13.8 Å². The Morgan fingerprint density at radius 2 is 2.12 bits per heavy atom. The molecule has 2 heterocycles. The first-order chi connectivity index (χ1) is 7.65. The van der Waals surface area contributed by atoms with Crippen molar-refractivity contribution in [1.29, 1.82) is 0 Å². The van der Waals surface area contributed by atoms with E-state index < -0.39 is 0 Å². The predicted octanol–water partition coefficient (Wildman–Crippen LogP) is 3.53. The molecule has 0 fully saturated rings. The smallest absolute Gasteiger partial charge is 0.140 e. The molecule has 1 N–H and O–H groups in total. The van der Waals surface area contributed by atoms with E-state index in [-0.39, 0.29) is 0 Å². The van der Waals surface area contributed by atoms with E-state index in [1.807, 2.05) is 32.3 Å². The summed E-state index contributed by atoms with van der Waals surface area (Å²) in [4.78, 5) is 9.75. The van der Waals surface area contributed by atoms with E-state index in [1.165, 1.54) is 4.88 Å². The summed E-state index contributed by atoms with van der Waals surface area (Å²) >= 11 is 5.19. The van der Waals surface area contributed by atoms with Crippen LogP contribution in [-0.2, 0) is 6.54 Å². The molecule has 3 nitrogen and oxygen atoms in total. The third-order valence-corrected chi connectivity index (χ3v) is 3.59. The number of rotatable bonds is 3. The van der Waals surface area contributed by atoms with Crippen LogP contribution in [0.4, 0.5) is 5.82 Å². The summed E-state index contributed by atoms with van der Waals surface area (Å²) in [6.45, 7) is 4.79. The van der Waals surface area contributed by atoms with E-state index in [0.717, 1.165) is 27.4 Å². The molecule has 0 aliphatic carbocycles. The maximum absolute atomic E-state index is 4.33. The zero-order valence-electron chi connectivity index (χ0n) is 9.12. The van der Waals surface area contributed by atoms with Crippen molar-refractivity contribution in [3.63, 3.8) is 0 Å². The summed E-state index contributed by atoms with van der Waals surface area (Å²) in [7, 11) is 0. The summed E-state index contributed by atoms with van der Waals surface area (Å²) in [6.07, 6.45) is 3.75. The van der Waals surface area contributed by atoms with Crippen LogP contribution in [0.25, 0.3) is 0 Å². The fourth-order valence-corrected chi connectivity index (χ4v) is 2.66. The highest BCUT2D eigenvalue weighted by molar-refractivity contribution is 9.10. The average Bonchev–Trinajstić information content (AvgIpc) is 2.63. The molecule has 16 heavy (non-hydrogen) atoms. The van der Waals surface area contributed by atoms with Gasteiger partial charge in [-0.3, -0.25) is 0 Å². The van der Waals surface area contributed by atoms with Crippen LogP contribution in [-0.4, -0.2) is 9.97 Å². The van der Waals surface area contributed by atoms with Crippen LogP contribution in [0.15, 0.2) is 22.9 Å². The van der Waals surface area contributed by atoms with E-state index in [4.69, 9.17) is 0 Å². The molecule has 0 spiro atoms. The minimum absolute atomic E-state index is 0.764. The van der Waals surface area contributed by atoms with Crippen LogP contribution in [0.5, 0.6) is 0 Å². The molecule has 84 valence electrons. The number of halogens is 1. The highest BCUT2D eigenvalue weighted by Gasteiger charge is 2.02. The van der Waals surface area contributed by atoms with Crippen LogP contribution in [0.1, 0.15) is 15.4 Å². The largest absolute Gasteiger partial charge is 0.364 e.